The topological polar surface area (TPSA) is 37.4 Å². The number of aryl methyl sites for hydroxylation is 2. The number of carbonyl (C=O) groups is 2. The molecule has 0 unspecified atom stereocenters. The largest absolute Gasteiger partial charge is 0.274 e. The van der Waals surface area contributed by atoms with Crippen LogP contribution in [0.25, 0.3) is 0 Å². The Balaban J connectivity index is 2.54. The molecule has 0 spiro atoms. The first kappa shape index (κ1) is 12.1. The number of hydrogen-bond donors (Lipinski definition) is 0. The van der Waals surface area contributed by atoms with E-state index >= 15 is 0 Å². The van der Waals surface area contributed by atoms with E-state index in [4.69, 9.17) is 11.6 Å². The fourth-order valence-corrected chi connectivity index (χ4v) is 2.38. The Bertz CT molecular complexity index is 484. The molecule has 1 aliphatic heterocycles. The van der Waals surface area contributed by atoms with Gasteiger partial charge >= 0.3 is 0 Å². The fraction of sp³-hybridized carbons (Fsp3) is 0.385. The maximum absolute atomic E-state index is 11.9. The van der Waals surface area contributed by atoms with Crippen molar-refractivity contribution >= 4 is 29.1 Å². The van der Waals surface area contributed by atoms with E-state index in [2.05, 4.69) is 0 Å². The standard InChI is InChI=1S/C13H14ClNO2/c1-3-9-6-4-5-8(2)12(9)15-11(16)7-10(14)13(15)17/h4-6,10H,3,7H2,1-2H3/t10-/m1/s1. The van der Waals surface area contributed by atoms with Gasteiger partial charge in [-0.15, -0.1) is 11.6 Å². The molecular formula is C13H14ClNO2. The highest BCUT2D eigenvalue weighted by Gasteiger charge is 2.39. The molecule has 0 radical (unpaired) electrons. The van der Waals surface area contributed by atoms with E-state index in [9.17, 15) is 9.59 Å². The van der Waals surface area contributed by atoms with E-state index in [1.807, 2.05) is 32.0 Å². The lowest BCUT2D eigenvalue weighted by Crippen LogP contribution is -2.32. The Hall–Kier alpha value is -1.35. The highest BCUT2D eigenvalue weighted by Crippen LogP contribution is 2.31. The van der Waals surface area contributed by atoms with Gasteiger partial charge in [-0.25, -0.2) is 4.90 Å². The van der Waals surface area contributed by atoms with Gasteiger partial charge in [0.25, 0.3) is 5.91 Å². The number of amides is 2. The molecule has 1 heterocycles. The van der Waals surface area contributed by atoms with Crippen molar-refractivity contribution in [2.24, 2.45) is 0 Å². The number of imide groups is 1. The number of rotatable bonds is 2. The van der Waals surface area contributed by atoms with E-state index in [0.29, 0.717) is 5.69 Å². The second-order valence-electron chi connectivity index (χ2n) is 4.18. The van der Waals surface area contributed by atoms with Gasteiger partial charge in [0.2, 0.25) is 5.91 Å². The van der Waals surface area contributed by atoms with Crippen molar-refractivity contribution in [2.45, 2.75) is 32.1 Å². The number of benzene rings is 1. The average Bonchev–Trinajstić information content (AvgIpc) is 2.54. The molecule has 3 nitrogen and oxygen atoms in total. The van der Waals surface area contributed by atoms with Gasteiger partial charge in [-0.2, -0.15) is 0 Å². The summed E-state index contributed by atoms with van der Waals surface area (Å²) in [5.74, 6) is -0.514. The summed E-state index contributed by atoms with van der Waals surface area (Å²) in [6.07, 6.45) is 0.874. The van der Waals surface area contributed by atoms with Gasteiger partial charge in [0.1, 0.15) is 5.38 Å². The molecule has 2 rings (SSSR count). The predicted molar refractivity (Wildman–Crippen MR) is 67.3 cm³/mol. The first-order valence-electron chi connectivity index (χ1n) is 5.65. The summed E-state index contributed by atoms with van der Waals surface area (Å²) in [5.41, 5.74) is 2.64. The molecule has 2 amide bonds. The molecule has 1 saturated heterocycles. The molecule has 0 aromatic heterocycles. The molecule has 1 aromatic rings. The first-order valence-corrected chi connectivity index (χ1v) is 6.09. The highest BCUT2D eigenvalue weighted by molar-refractivity contribution is 6.41. The summed E-state index contributed by atoms with van der Waals surface area (Å²) >= 11 is 5.84. The number of alkyl halides is 1. The minimum absolute atomic E-state index is 0.0951. The monoisotopic (exact) mass is 251 g/mol. The van der Waals surface area contributed by atoms with Crippen LogP contribution in [0, 0.1) is 6.92 Å². The lowest BCUT2D eigenvalue weighted by Gasteiger charge is -2.20. The van der Waals surface area contributed by atoms with Crippen LogP contribution in [0.1, 0.15) is 24.5 Å². The van der Waals surface area contributed by atoms with E-state index in [0.717, 1.165) is 17.5 Å². The van der Waals surface area contributed by atoms with Crippen molar-refractivity contribution < 1.29 is 9.59 Å². The van der Waals surface area contributed by atoms with Gasteiger partial charge in [-0.3, -0.25) is 9.59 Å². The van der Waals surface area contributed by atoms with Gasteiger partial charge < -0.3 is 0 Å². The molecule has 1 fully saturated rings. The maximum Gasteiger partial charge on any atom is 0.252 e. The van der Waals surface area contributed by atoms with Crippen molar-refractivity contribution in [3.8, 4) is 0 Å². The third-order valence-corrected chi connectivity index (χ3v) is 3.36. The normalized spacial score (nSPS) is 20.2. The zero-order valence-electron chi connectivity index (χ0n) is 9.87. The number of nitrogens with zero attached hydrogens (tertiary/aromatic N) is 1. The van der Waals surface area contributed by atoms with Crippen molar-refractivity contribution in [1.29, 1.82) is 0 Å². The molecule has 17 heavy (non-hydrogen) atoms. The SMILES string of the molecule is CCc1cccc(C)c1N1C(=O)C[C@@H](Cl)C1=O. The molecule has 0 aliphatic carbocycles. The Kier molecular flexibility index (Phi) is 3.20. The Labute approximate surface area is 105 Å². The van der Waals surface area contributed by atoms with Crippen molar-refractivity contribution in [3.63, 3.8) is 0 Å². The van der Waals surface area contributed by atoms with Crippen LogP contribution in [0.4, 0.5) is 5.69 Å². The molecule has 0 saturated carbocycles. The van der Waals surface area contributed by atoms with Crippen LogP contribution in [0.3, 0.4) is 0 Å². The average molecular weight is 252 g/mol. The summed E-state index contributed by atoms with van der Waals surface area (Å²) < 4.78 is 0. The summed E-state index contributed by atoms with van der Waals surface area (Å²) in [5, 5.41) is -0.716. The molecule has 1 aliphatic rings. The highest BCUT2D eigenvalue weighted by atomic mass is 35.5. The number of anilines is 1. The molecule has 1 aromatic carbocycles. The summed E-state index contributed by atoms with van der Waals surface area (Å²) in [6, 6.07) is 5.77. The van der Waals surface area contributed by atoms with Crippen LogP contribution in [0.5, 0.6) is 0 Å². The third kappa shape index (κ3) is 1.95. The molecular weight excluding hydrogens is 238 g/mol. The van der Waals surface area contributed by atoms with Crippen LogP contribution < -0.4 is 4.90 Å². The molecule has 1 atom stereocenters. The van der Waals surface area contributed by atoms with Gasteiger partial charge in [0, 0.05) is 0 Å². The minimum atomic E-state index is -0.716. The number of hydrogen-bond acceptors (Lipinski definition) is 2. The van der Waals surface area contributed by atoms with E-state index in [1.54, 1.807) is 0 Å². The van der Waals surface area contributed by atoms with Crippen LogP contribution in [0.15, 0.2) is 18.2 Å². The fourth-order valence-electron chi connectivity index (χ4n) is 2.15. The lowest BCUT2D eigenvalue weighted by atomic mass is 10.0. The molecule has 90 valence electrons. The number of para-hydroxylation sites is 1. The quantitative estimate of drug-likeness (QED) is 0.598. The van der Waals surface area contributed by atoms with Gasteiger partial charge in [0.15, 0.2) is 0 Å². The van der Waals surface area contributed by atoms with E-state index in [1.165, 1.54) is 4.90 Å². The number of halogens is 1. The number of carbonyl (C=O) groups excluding carboxylic acids is 2. The van der Waals surface area contributed by atoms with Gasteiger partial charge in [-0.05, 0) is 24.5 Å². The van der Waals surface area contributed by atoms with Crippen LogP contribution in [-0.4, -0.2) is 17.2 Å². The Morgan fingerprint density at radius 1 is 1.41 bits per heavy atom. The zero-order chi connectivity index (χ0) is 12.6. The van der Waals surface area contributed by atoms with E-state index in [-0.39, 0.29) is 18.2 Å². The predicted octanol–water partition coefficient (Wildman–Crippen LogP) is 2.43. The Morgan fingerprint density at radius 2 is 2.12 bits per heavy atom. The summed E-state index contributed by atoms with van der Waals surface area (Å²) in [4.78, 5) is 25.0. The molecule has 4 heteroatoms. The maximum atomic E-state index is 11.9. The lowest BCUT2D eigenvalue weighted by molar-refractivity contribution is -0.121. The van der Waals surface area contributed by atoms with Crippen molar-refractivity contribution in [2.75, 3.05) is 4.90 Å². The second-order valence-corrected chi connectivity index (χ2v) is 4.70. The zero-order valence-corrected chi connectivity index (χ0v) is 10.6. The van der Waals surface area contributed by atoms with E-state index < -0.39 is 5.38 Å². The third-order valence-electron chi connectivity index (χ3n) is 3.02. The smallest absolute Gasteiger partial charge is 0.252 e. The minimum Gasteiger partial charge on any atom is -0.274 e. The van der Waals surface area contributed by atoms with Crippen LogP contribution in [-0.2, 0) is 16.0 Å². The van der Waals surface area contributed by atoms with Crippen molar-refractivity contribution in [1.82, 2.24) is 0 Å². The molecule has 0 N–H and O–H groups in total. The first-order chi connectivity index (χ1) is 8.06. The Morgan fingerprint density at radius 3 is 2.65 bits per heavy atom. The van der Waals surface area contributed by atoms with Crippen molar-refractivity contribution in [3.05, 3.63) is 29.3 Å². The van der Waals surface area contributed by atoms with Gasteiger partial charge in [-0.1, -0.05) is 25.1 Å². The van der Waals surface area contributed by atoms with Gasteiger partial charge in [0.05, 0.1) is 12.1 Å². The van der Waals surface area contributed by atoms with Crippen LogP contribution >= 0.6 is 11.6 Å². The summed E-state index contributed by atoms with van der Waals surface area (Å²) in [7, 11) is 0. The summed E-state index contributed by atoms with van der Waals surface area (Å²) in [6.45, 7) is 3.90. The second kappa shape index (κ2) is 4.49. The molecule has 0 bridgehead atoms. The van der Waals surface area contributed by atoms with Crippen LogP contribution in [0.2, 0.25) is 0 Å².